The average molecular weight is 301 g/mol. The molecule has 0 bridgehead atoms. The number of H-pyrrole nitrogens is 1. The molecule has 2 amide bonds. The van der Waals surface area contributed by atoms with Crippen molar-refractivity contribution in [3.63, 3.8) is 0 Å². The van der Waals surface area contributed by atoms with E-state index in [2.05, 4.69) is 25.8 Å². The molecule has 1 aliphatic rings. The zero-order chi connectivity index (χ0) is 15.7. The highest BCUT2D eigenvalue weighted by molar-refractivity contribution is 5.91. The summed E-state index contributed by atoms with van der Waals surface area (Å²) in [6.07, 6.45) is 2.24. The maximum Gasteiger partial charge on any atom is 0.319 e. The quantitative estimate of drug-likeness (QED) is 0.811. The highest BCUT2D eigenvalue weighted by Gasteiger charge is 2.32. The number of hydrogen-bond donors (Lipinski definition) is 3. The maximum atomic E-state index is 12.1. The number of rotatable bonds is 3. The number of amides is 2. The monoisotopic (exact) mass is 301 g/mol. The van der Waals surface area contributed by atoms with Crippen LogP contribution < -0.4 is 15.4 Å². The van der Waals surface area contributed by atoms with Crippen molar-refractivity contribution < 1.29 is 9.53 Å². The van der Waals surface area contributed by atoms with Crippen LogP contribution in [0.5, 0.6) is 5.75 Å². The molecule has 7 nitrogen and oxygen atoms in total. The van der Waals surface area contributed by atoms with Crippen LogP contribution in [0.15, 0.2) is 24.5 Å². The molecule has 0 aliphatic carbocycles. The molecule has 0 radical (unpaired) electrons. The van der Waals surface area contributed by atoms with Crippen LogP contribution >= 0.6 is 0 Å². The third kappa shape index (κ3) is 2.88. The summed E-state index contributed by atoms with van der Waals surface area (Å²) in [5.41, 5.74) is 1.53. The van der Waals surface area contributed by atoms with Gasteiger partial charge in [-0.05, 0) is 26.8 Å². The second-order valence-corrected chi connectivity index (χ2v) is 6.02. The molecule has 1 aromatic heterocycles. The Labute approximate surface area is 128 Å². The van der Waals surface area contributed by atoms with Crippen LogP contribution in [0.1, 0.15) is 38.2 Å². The molecule has 2 aromatic rings. The summed E-state index contributed by atoms with van der Waals surface area (Å²) >= 11 is 0. The van der Waals surface area contributed by atoms with E-state index in [4.69, 9.17) is 4.74 Å². The van der Waals surface area contributed by atoms with E-state index in [1.807, 2.05) is 39.0 Å². The predicted molar refractivity (Wildman–Crippen MR) is 81.8 cm³/mol. The van der Waals surface area contributed by atoms with Crippen LogP contribution in [-0.2, 0) is 6.42 Å². The summed E-state index contributed by atoms with van der Waals surface area (Å²) in [5, 5.41) is 12.1. The lowest BCUT2D eigenvalue weighted by atomic mass is 10.0. The fourth-order valence-electron chi connectivity index (χ4n) is 2.56. The van der Waals surface area contributed by atoms with Crippen molar-refractivity contribution in [2.45, 2.75) is 38.8 Å². The Kier molecular flexibility index (Phi) is 3.48. The van der Waals surface area contributed by atoms with E-state index in [1.54, 1.807) is 0 Å². The lowest BCUT2D eigenvalue weighted by Crippen LogP contribution is -2.32. The van der Waals surface area contributed by atoms with Crippen molar-refractivity contribution in [1.82, 2.24) is 20.5 Å². The molecular formula is C15H19N5O2. The molecule has 3 N–H and O–H groups in total. The Hall–Kier alpha value is -2.57. The molecule has 1 atom stereocenters. The number of anilines is 1. The van der Waals surface area contributed by atoms with Gasteiger partial charge in [0.05, 0.1) is 11.7 Å². The normalized spacial score (nSPS) is 16.5. The zero-order valence-electron chi connectivity index (χ0n) is 12.8. The predicted octanol–water partition coefficient (Wildman–Crippen LogP) is 2.40. The number of aromatic nitrogens is 3. The second-order valence-electron chi connectivity index (χ2n) is 6.02. The van der Waals surface area contributed by atoms with Gasteiger partial charge in [0, 0.05) is 12.0 Å². The van der Waals surface area contributed by atoms with Crippen LogP contribution in [0.4, 0.5) is 10.5 Å². The summed E-state index contributed by atoms with van der Waals surface area (Å²) in [7, 11) is 0. The molecule has 22 heavy (non-hydrogen) atoms. The second kappa shape index (κ2) is 5.32. The summed E-state index contributed by atoms with van der Waals surface area (Å²) in [4.78, 5) is 16.2. The minimum Gasteiger partial charge on any atom is -0.485 e. The largest absolute Gasteiger partial charge is 0.485 e. The van der Waals surface area contributed by atoms with Crippen molar-refractivity contribution >= 4 is 11.7 Å². The van der Waals surface area contributed by atoms with Crippen LogP contribution in [0.2, 0.25) is 0 Å². The first-order valence-electron chi connectivity index (χ1n) is 7.18. The number of nitrogens with one attached hydrogen (secondary N) is 3. The number of urea groups is 1. The molecule has 0 fully saturated rings. The van der Waals surface area contributed by atoms with Gasteiger partial charge >= 0.3 is 6.03 Å². The number of carbonyl (C=O) groups excluding carboxylic acids is 1. The Balaban J connectivity index is 1.70. The molecule has 1 aliphatic heterocycles. The maximum absolute atomic E-state index is 12.1. The number of carbonyl (C=O) groups is 1. The Morgan fingerprint density at radius 2 is 2.27 bits per heavy atom. The molecule has 1 aromatic carbocycles. The number of nitrogens with zero attached hydrogens (tertiary/aromatic N) is 2. The van der Waals surface area contributed by atoms with Crippen LogP contribution in [0.25, 0.3) is 0 Å². The van der Waals surface area contributed by atoms with Crippen molar-refractivity contribution in [3.8, 4) is 5.75 Å². The fraction of sp³-hybridized carbons (Fsp3) is 0.400. The number of hydrogen-bond acceptors (Lipinski definition) is 4. The first-order chi connectivity index (χ1) is 10.4. The lowest BCUT2D eigenvalue weighted by Gasteiger charge is -2.19. The van der Waals surface area contributed by atoms with Gasteiger partial charge in [0.2, 0.25) is 0 Å². The lowest BCUT2D eigenvalue weighted by molar-refractivity contribution is 0.139. The van der Waals surface area contributed by atoms with Gasteiger partial charge in [0.15, 0.2) is 0 Å². The van der Waals surface area contributed by atoms with Gasteiger partial charge in [0.25, 0.3) is 0 Å². The molecule has 116 valence electrons. The highest BCUT2D eigenvalue weighted by Crippen LogP contribution is 2.40. The van der Waals surface area contributed by atoms with E-state index >= 15 is 0 Å². The van der Waals surface area contributed by atoms with Crippen molar-refractivity contribution in [1.29, 1.82) is 0 Å². The van der Waals surface area contributed by atoms with E-state index in [0.29, 0.717) is 11.5 Å². The van der Waals surface area contributed by atoms with Gasteiger partial charge in [-0.25, -0.2) is 9.78 Å². The van der Waals surface area contributed by atoms with Crippen LogP contribution in [-0.4, -0.2) is 26.8 Å². The van der Waals surface area contributed by atoms with E-state index in [9.17, 15) is 4.79 Å². The summed E-state index contributed by atoms with van der Waals surface area (Å²) in [5.74, 6) is 1.35. The van der Waals surface area contributed by atoms with E-state index in [0.717, 1.165) is 17.7 Å². The Morgan fingerprint density at radius 3 is 3.00 bits per heavy atom. The number of ether oxygens (including phenoxy) is 1. The van der Waals surface area contributed by atoms with Crippen molar-refractivity contribution in [2.24, 2.45) is 0 Å². The molecule has 3 rings (SSSR count). The first-order valence-corrected chi connectivity index (χ1v) is 7.18. The summed E-state index contributed by atoms with van der Waals surface area (Å²) in [6, 6.07) is 5.18. The van der Waals surface area contributed by atoms with Crippen LogP contribution in [0, 0.1) is 0 Å². The van der Waals surface area contributed by atoms with Gasteiger partial charge < -0.3 is 15.4 Å². The first kappa shape index (κ1) is 14.4. The van der Waals surface area contributed by atoms with Gasteiger partial charge in [0.1, 0.15) is 23.5 Å². The SMILES string of the molecule is CC(NC(=O)Nc1cccc2c1OC(C)(C)C2)c1ncn[nH]1. The third-order valence-electron chi connectivity index (χ3n) is 3.53. The minimum atomic E-state index is -0.314. The summed E-state index contributed by atoms with van der Waals surface area (Å²) in [6.45, 7) is 5.89. The van der Waals surface area contributed by atoms with E-state index < -0.39 is 0 Å². The Bertz CT molecular complexity index is 681. The number of fused-ring (bicyclic) bond motifs is 1. The molecular weight excluding hydrogens is 282 g/mol. The highest BCUT2D eigenvalue weighted by atomic mass is 16.5. The van der Waals surface area contributed by atoms with Gasteiger partial charge in [-0.1, -0.05) is 12.1 Å². The van der Waals surface area contributed by atoms with Gasteiger partial charge in [-0.3, -0.25) is 5.10 Å². The standard InChI is InChI=1S/C15H19N5O2/c1-9(13-16-8-17-20-13)18-14(21)19-11-6-4-5-10-7-15(2,3)22-12(10)11/h4-6,8-9H,7H2,1-3H3,(H,16,17,20)(H2,18,19,21). The third-order valence-corrected chi connectivity index (χ3v) is 3.53. The fourth-order valence-corrected chi connectivity index (χ4v) is 2.56. The molecule has 0 saturated heterocycles. The average Bonchev–Trinajstić information content (AvgIpc) is 3.04. The topological polar surface area (TPSA) is 91.9 Å². The van der Waals surface area contributed by atoms with Crippen LogP contribution in [0.3, 0.4) is 0 Å². The number of para-hydroxylation sites is 1. The summed E-state index contributed by atoms with van der Waals surface area (Å²) < 4.78 is 5.93. The molecule has 2 heterocycles. The molecule has 1 unspecified atom stereocenters. The number of benzene rings is 1. The molecule has 7 heteroatoms. The zero-order valence-corrected chi connectivity index (χ0v) is 12.8. The number of aromatic amines is 1. The van der Waals surface area contributed by atoms with Crippen molar-refractivity contribution in [2.75, 3.05) is 5.32 Å². The smallest absolute Gasteiger partial charge is 0.319 e. The minimum absolute atomic E-state index is 0.246. The van der Waals surface area contributed by atoms with Crippen molar-refractivity contribution in [3.05, 3.63) is 35.9 Å². The molecule has 0 saturated carbocycles. The Morgan fingerprint density at radius 1 is 1.45 bits per heavy atom. The molecule has 0 spiro atoms. The van der Waals surface area contributed by atoms with Gasteiger partial charge in [-0.15, -0.1) is 0 Å². The van der Waals surface area contributed by atoms with E-state index in [-0.39, 0.29) is 17.7 Å². The van der Waals surface area contributed by atoms with Gasteiger partial charge in [-0.2, -0.15) is 5.10 Å². The van der Waals surface area contributed by atoms with E-state index in [1.165, 1.54) is 6.33 Å².